The second kappa shape index (κ2) is 6.45. The average molecular weight is 362 g/mol. The lowest BCUT2D eigenvalue weighted by molar-refractivity contribution is 0.403. The summed E-state index contributed by atoms with van der Waals surface area (Å²) in [7, 11) is -1.18. The Bertz CT molecular complexity index is 574. The maximum absolute atomic E-state index is 11.5. The fourth-order valence-electron chi connectivity index (χ4n) is 2.76. The second-order valence-corrected chi connectivity index (χ2v) is 8.57. The molecule has 2 atom stereocenters. The first-order valence-corrected chi connectivity index (χ1v) is 9.29. The maximum atomic E-state index is 11.5. The third-order valence-corrected chi connectivity index (χ3v) is 6.02. The van der Waals surface area contributed by atoms with E-state index in [1.54, 1.807) is 7.11 Å². The van der Waals surface area contributed by atoms with Crippen molar-refractivity contribution in [2.45, 2.75) is 25.3 Å². The van der Waals surface area contributed by atoms with Crippen LogP contribution in [0.3, 0.4) is 0 Å². The summed E-state index contributed by atoms with van der Waals surface area (Å²) in [6, 6.07) is 5.80. The lowest BCUT2D eigenvalue weighted by Gasteiger charge is -2.17. The molecule has 1 saturated heterocycles. The Labute approximate surface area is 128 Å². The van der Waals surface area contributed by atoms with E-state index in [2.05, 4.69) is 15.9 Å². The van der Waals surface area contributed by atoms with Gasteiger partial charge < -0.3 is 10.5 Å². The summed E-state index contributed by atoms with van der Waals surface area (Å²) in [5.74, 6) is 1.62. The Hall–Kier alpha value is -0.590. The summed E-state index contributed by atoms with van der Waals surface area (Å²) in [6.45, 7) is 0. The Kier molecular flexibility index (Phi) is 5.09. The van der Waals surface area contributed by atoms with Crippen molar-refractivity contribution < 1.29 is 13.2 Å². The quantitative estimate of drug-likeness (QED) is 0.872. The highest BCUT2D eigenvalue weighted by Crippen LogP contribution is 2.27. The van der Waals surface area contributed by atoms with Crippen LogP contribution >= 0.6 is 15.9 Å². The van der Waals surface area contributed by atoms with Crippen molar-refractivity contribution >= 4 is 25.8 Å². The normalized spacial score (nSPS) is 22.6. The molecule has 0 spiro atoms. The van der Waals surface area contributed by atoms with Crippen molar-refractivity contribution in [1.82, 2.24) is 0 Å². The standard InChI is InChI=1S/C14H20BrNO3S/c1-19-14-3-2-12(15)7-11(14)8-13(16)6-10-4-5-20(17,18)9-10/h2-3,7,10,13H,4-6,8-9,16H2,1H3. The van der Waals surface area contributed by atoms with Gasteiger partial charge in [-0.15, -0.1) is 0 Å². The van der Waals surface area contributed by atoms with Gasteiger partial charge in [0.25, 0.3) is 0 Å². The zero-order valence-corrected chi connectivity index (χ0v) is 13.9. The number of hydrogen-bond donors (Lipinski definition) is 1. The first-order chi connectivity index (χ1) is 9.39. The van der Waals surface area contributed by atoms with Crippen LogP contribution in [0.4, 0.5) is 0 Å². The van der Waals surface area contributed by atoms with Crippen LogP contribution in [-0.4, -0.2) is 33.1 Å². The van der Waals surface area contributed by atoms with Gasteiger partial charge in [0, 0.05) is 10.5 Å². The molecule has 0 radical (unpaired) electrons. The molecular weight excluding hydrogens is 342 g/mol. The highest BCUT2D eigenvalue weighted by molar-refractivity contribution is 9.10. The van der Waals surface area contributed by atoms with Crippen molar-refractivity contribution in [3.63, 3.8) is 0 Å². The molecule has 20 heavy (non-hydrogen) atoms. The minimum absolute atomic E-state index is 0.0449. The van der Waals surface area contributed by atoms with Crippen LogP contribution in [0.1, 0.15) is 18.4 Å². The second-order valence-electron chi connectivity index (χ2n) is 5.43. The molecule has 0 aliphatic carbocycles. The third-order valence-electron chi connectivity index (χ3n) is 3.69. The van der Waals surface area contributed by atoms with Crippen LogP contribution in [0.2, 0.25) is 0 Å². The molecule has 1 aliphatic heterocycles. The first kappa shape index (κ1) is 15.8. The van der Waals surface area contributed by atoms with Gasteiger partial charge >= 0.3 is 0 Å². The van der Waals surface area contributed by atoms with Gasteiger partial charge in [0.05, 0.1) is 18.6 Å². The number of nitrogens with two attached hydrogens (primary N) is 1. The van der Waals surface area contributed by atoms with Crippen molar-refractivity contribution in [3.8, 4) is 5.75 Å². The van der Waals surface area contributed by atoms with E-state index in [1.807, 2.05) is 18.2 Å². The highest BCUT2D eigenvalue weighted by atomic mass is 79.9. The van der Waals surface area contributed by atoms with Crippen LogP contribution in [0.25, 0.3) is 0 Å². The third kappa shape index (κ3) is 4.20. The van der Waals surface area contributed by atoms with E-state index in [0.29, 0.717) is 12.2 Å². The number of halogens is 1. The van der Waals surface area contributed by atoms with Gasteiger partial charge in [0.15, 0.2) is 9.84 Å². The fourth-order valence-corrected chi connectivity index (χ4v) is 5.05. The monoisotopic (exact) mass is 361 g/mol. The SMILES string of the molecule is COc1ccc(Br)cc1CC(N)CC1CCS(=O)(=O)C1. The summed E-state index contributed by atoms with van der Waals surface area (Å²) in [6.07, 6.45) is 2.18. The van der Waals surface area contributed by atoms with Crippen molar-refractivity contribution in [2.24, 2.45) is 11.7 Å². The van der Waals surface area contributed by atoms with Gasteiger partial charge in [0.1, 0.15) is 5.75 Å². The number of rotatable bonds is 5. The zero-order valence-electron chi connectivity index (χ0n) is 11.5. The van der Waals surface area contributed by atoms with E-state index < -0.39 is 9.84 Å². The van der Waals surface area contributed by atoms with Gasteiger partial charge in [-0.25, -0.2) is 8.42 Å². The first-order valence-electron chi connectivity index (χ1n) is 6.68. The molecule has 1 aliphatic rings. The molecular formula is C14H20BrNO3S. The van der Waals surface area contributed by atoms with Gasteiger partial charge in [0.2, 0.25) is 0 Å². The van der Waals surface area contributed by atoms with Crippen molar-refractivity contribution in [1.29, 1.82) is 0 Å². The van der Waals surface area contributed by atoms with Crippen LogP contribution in [-0.2, 0) is 16.3 Å². The van der Waals surface area contributed by atoms with Gasteiger partial charge in [-0.3, -0.25) is 0 Å². The summed E-state index contributed by atoms with van der Waals surface area (Å²) < 4.78 is 29.2. The van der Waals surface area contributed by atoms with Crippen molar-refractivity contribution in [3.05, 3.63) is 28.2 Å². The molecule has 0 amide bonds. The highest BCUT2D eigenvalue weighted by Gasteiger charge is 2.29. The van der Waals surface area contributed by atoms with E-state index in [-0.39, 0.29) is 17.7 Å². The molecule has 1 aromatic rings. The number of hydrogen-bond acceptors (Lipinski definition) is 4. The van der Waals surface area contributed by atoms with Crippen LogP contribution in [0, 0.1) is 5.92 Å². The zero-order chi connectivity index (χ0) is 14.8. The molecule has 112 valence electrons. The number of benzene rings is 1. The molecule has 6 heteroatoms. The summed E-state index contributed by atoms with van der Waals surface area (Å²) >= 11 is 3.44. The topological polar surface area (TPSA) is 69.4 Å². The van der Waals surface area contributed by atoms with Gasteiger partial charge in [-0.05, 0) is 48.9 Å². The van der Waals surface area contributed by atoms with Gasteiger partial charge in [-0.1, -0.05) is 15.9 Å². The molecule has 2 unspecified atom stereocenters. The largest absolute Gasteiger partial charge is 0.496 e. The summed E-state index contributed by atoms with van der Waals surface area (Å²) in [5, 5.41) is 0. The van der Waals surface area contributed by atoms with Crippen LogP contribution in [0.15, 0.2) is 22.7 Å². The summed E-state index contributed by atoms with van der Waals surface area (Å²) in [4.78, 5) is 0. The fraction of sp³-hybridized carbons (Fsp3) is 0.571. The lowest BCUT2D eigenvalue weighted by atomic mass is 9.95. The average Bonchev–Trinajstić information content (AvgIpc) is 2.68. The molecule has 4 nitrogen and oxygen atoms in total. The Morgan fingerprint density at radius 1 is 1.50 bits per heavy atom. The van der Waals surface area contributed by atoms with E-state index in [9.17, 15) is 8.42 Å². The minimum atomic E-state index is -2.82. The Morgan fingerprint density at radius 3 is 2.85 bits per heavy atom. The lowest BCUT2D eigenvalue weighted by Crippen LogP contribution is -2.26. The molecule has 2 rings (SSSR count). The van der Waals surface area contributed by atoms with Crippen molar-refractivity contribution in [2.75, 3.05) is 18.6 Å². The molecule has 0 aromatic heterocycles. The molecule has 0 bridgehead atoms. The van der Waals surface area contributed by atoms with Crippen LogP contribution < -0.4 is 10.5 Å². The number of ether oxygens (including phenoxy) is 1. The predicted octanol–water partition coefficient (Wildman–Crippen LogP) is 2.15. The molecule has 1 fully saturated rings. The van der Waals surface area contributed by atoms with Crippen LogP contribution in [0.5, 0.6) is 5.75 Å². The molecule has 1 aromatic carbocycles. The van der Waals surface area contributed by atoms with E-state index >= 15 is 0 Å². The van der Waals surface area contributed by atoms with E-state index in [4.69, 9.17) is 10.5 Å². The number of sulfone groups is 1. The smallest absolute Gasteiger partial charge is 0.150 e. The molecule has 2 N–H and O–H groups in total. The molecule has 1 heterocycles. The molecule has 0 saturated carbocycles. The van der Waals surface area contributed by atoms with E-state index in [0.717, 1.165) is 28.6 Å². The Morgan fingerprint density at radius 2 is 2.25 bits per heavy atom. The van der Waals surface area contributed by atoms with E-state index in [1.165, 1.54) is 0 Å². The van der Waals surface area contributed by atoms with Gasteiger partial charge in [-0.2, -0.15) is 0 Å². The number of methoxy groups -OCH3 is 1. The predicted molar refractivity (Wildman–Crippen MR) is 83.8 cm³/mol. The minimum Gasteiger partial charge on any atom is -0.496 e. The Balaban J connectivity index is 1.98. The summed E-state index contributed by atoms with van der Waals surface area (Å²) in [5.41, 5.74) is 7.23. The maximum Gasteiger partial charge on any atom is 0.150 e.